The summed E-state index contributed by atoms with van der Waals surface area (Å²) in [4.78, 5) is 38.9. The second-order valence-corrected chi connectivity index (χ2v) is 10.6. The fraction of sp³-hybridized carbons (Fsp3) is 0.885. The minimum atomic E-state index is -0.798. The fourth-order valence-electron chi connectivity index (χ4n) is 4.04. The van der Waals surface area contributed by atoms with Gasteiger partial charge in [-0.3, -0.25) is 19.7 Å². The van der Waals surface area contributed by atoms with Gasteiger partial charge in [-0.2, -0.15) is 12.6 Å². The lowest BCUT2D eigenvalue weighted by Gasteiger charge is -2.25. The number of amides is 3. The highest BCUT2D eigenvalue weighted by molar-refractivity contribution is 7.80. The maximum Gasteiger partial charge on any atom is 0.249 e. The van der Waals surface area contributed by atoms with Gasteiger partial charge in [0.15, 0.2) is 0 Å². The second kappa shape index (κ2) is 19.1. The number of likely N-dealkylation sites (N-methyl/N-ethyl adjacent to an activating group) is 1. The molecule has 0 aliphatic carbocycles. The van der Waals surface area contributed by atoms with Crippen molar-refractivity contribution >= 4 is 30.4 Å². The smallest absolute Gasteiger partial charge is 0.249 e. The van der Waals surface area contributed by atoms with Gasteiger partial charge in [0.2, 0.25) is 17.7 Å². The Balaban J connectivity index is 5.28. The lowest BCUT2D eigenvalue weighted by Crippen LogP contribution is -2.54. The molecule has 0 fully saturated rings. The van der Waals surface area contributed by atoms with Gasteiger partial charge in [0.05, 0.1) is 12.1 Å². The molecule has 0 aliphatic rings. The monoisotopic (exact) mass is 501 g/mol. The van der Waals surface area contributed by atoms with E-state index in [-0.39, 0.29) is 23.5 Å². The molecule has 3 amide bonds. The van der Waals surface area contributed by atoms with Gasteiger partial charge in [-0.15, -0.1) is 0 Å². The summed E-state index contributed by atoms with van der Waals surface area (Å²) in [5.41, 5.74) is 0. The Morgan fingerprint density at radius 2 is 1.35 bits per heavy atom. The summed E-state index contributed by atoms with van der Waals surface area (Å²) in [6.07, 6.45) is 6.74. The van der Waals surface area contributed by atoms with Crippen molar-refractivity contribution in [2.75, 3.05) is 12.3 Å². The first-order chi connectivity index (χ1) is 16.0. The predicted octanol–water partition coefficient (Wildman–Crippen LogP) is 3.84. The molecule has 0 aromatic rings. The van der Waals surface area contributed by atoms with Crippen LogP contribution in [0.5, 0.6) is 0 Å². The molecule has 0 spiro atoms. The number of aliphatic hydroxyl groups excluding tert-OH is 1. The van der Waals surface area contributed by atoms with Crippen LogP contribution in [0.15, 0.2) is 0 Å². The van der Waals surface area contributed by atoms with Crippen molar-refractivity contribution in [3.63, 3.8) is 0 Å². The van der Waals surface area contributed by atoms with Crippen LogP contribution in [0.2, 0.25) is 0 Å². The summed E-state index contributed by atoms with van der Waals surface area (Å²) in [7, 11) is 0. The van der Waals surface area contributed by atoms with E-state index in [1.54, 1.807) is 0 Å². The van der Waals surface area contributed by atoms with E-state index < -0.39 is 30.0 Å². The molecule has 34 heavy (non-hydrogen) atoms. The maximum absolute atomic E-state index is 13.2. The lowest BCUT2D eigenvalue weighted by atomic mass is 9.93. The minimum Gasteiger partial charge on any atom is -0.392 e. The highest BCUT2D eigenvalue weighted by atomic mass is 32.1. The van der Waals surface area contributed by atoms with Crippen molar-refractivity contribution in [1.29, 1.82) is 0 Å². The summed E-state index contributed by atoms with van der Waals surface area (Å²) in [5, 5.41) is 18.7. The number of imide groups is 1. The first-order valence-electron chi connectivity index (χ1n) is 13.2. The first-order valence-corrected chi connectivity index (χ1v) is 13.9. The number of carbonyl (C=O) groups excluding carboxylic acids is 3. The summed E-state index contributed by atoms with van der Waals surface area (Å²) in [5.74, 6) is -0.732. The average Bonchev–Trinajstić information content (AvgIpc) is 2.76. The molecular formula is C26H51N3O4S. The van der Waals surface area contributed by atoms with Crippen molar-refractivity contribution in [3.05, 3.63) is 0 Å². The van der Waals surface area contributed by atoms with Crippen molar-refractivity contribution < 1.29 is 19.5 Å². The van der Waals surface area contributed by atoms with Crippen LogP contribution < -0.4 is 16.0 Å². The third-order valence-electron chi connectivity index (χ3n) is 5.85. The highest BCUT2D eigenvalue weighted by Gasteiger charge is 2.29. The molecule has 0 radical (unpaired) electrons. The number of unbranched alkanes of at least 4 members (excludes halogenated alkanes) is 4. The summed E-state index contributed by atoms with van der Waals surface area (Å²) < 4.78 is 0. The Bertz CT molecular complexity index is 586. The van der Waals surface area contributed by atoms with Crippen molar-refractivity contribution in [1.82, 2.24) is 16.0 Å². The molecule has 0 aliphatic heterocycles. The quantitative estimate of drug-likeness (QED) is 0.137. The van der Waals surface area contributed by atoms with Crippen LogP contribution in [-0.2, 0) is 14.4 Å². The molecule has 7 nitrogen and oxygen atoms in total. The van der Waals surface area contributed by atoms with E-state index >= 15 is 0 Å². The van der Waals surface area contributed by atoms with Gasteiger partial charge in [-0.1, -0.05) is 73.6 Å². The van der Waals surface area contributed by atoms with Crippen LogP contribution in [0.1, 0.15) is 99.3 Å². The Morgan fingerprint density at radius 1 is 0.794 bits per heavy atom. The standard InChI is InChI=1S/C26H51N3O4S/c1-7-9-10-11-12-13-20(16-21(30)17-34)24(31)28-23(15-19(5)6)26(33)29-25(32)22(27-8-2)14-18(3)4/h18-23,27,30,34H,7-17H2,1-6H3,(H,28,31)(H,29,32,33)/t20-,21+,22?,23+/m1/s1. The molecule has 8 heteroatoms. The Labute approximate surface area is 213 Å². The van der Waals surface area contributed by atoms with Gasteiger partial charge in [0, 0.05) is 11.7 Å². The van der Waals surface area contributed by atoms with Crippen LogP contribution in [-0.4, -0.2) is 53.3 Å². The zero-order valence-electron chi connectivity index (χ0n) is 22.4. The Hall–Kier alpha value is -1.12. The zero-order valence-corrected chi connectivity index (χ0v) is 23.3. The van der Waals surface area contributed by atoms with Gasteiger partial charge >= 0.3 is 0 Å². The van der Waals surface area contributed by atoms with Gasteiger partial charge in [-0.25, -0.2) is 0 Å². The van der Waals surface area contributed by atoms with E-state index in [9.17, 15) is 19.5 Å². The summed E-state index contributed by atoms with van der Waals surface area (Å²) >= 11 is 4.15. The van der Waals surface area contributed by atoms with E-state index in [4.69, 9.17) is 0 Å². The predicted molar refractivity (Wildman–Crippen MR) is 143 cm³/mol. The summed E-state index contributed by atoms with van der Waals surface area (Å²) in [6.45, 7) is 12.7. The van der Waals surface area contributed by atoms with Crippen LogP contribution in [0.25, 0.3) is 0 Å². The normalized spacial score (nSPS) is 15.1. The molecule has 0 saturated heterocycles. The number of hydrogen-bond donors (Lipinski definition) is 5. The van der Waals surface area contributed by atoms with Crippen molar-refractivity contribution in [2.45, 2.75) is 118 Å². The fourth-order valence-corrected chi connectivity index (χ4v) is 4.19. The molecule has 0 heterocycles. The van der Waals surface area contributed by atoms with Gasteiger partial charge in [0.1, 0.15) is 6.04 Å². The number of thiol groups is 1. The molecule has 0 rings (SSSR count). The number of aliphatic hydroxyl groups is 1. The minimum absolute atomic E-state index is 0.155. The number of rotatable bonds is 19. The average molecular weight is 502 g/mol. The maximum atomic E-state index is 13.2. The molecule has 0 saturated carbocycles. The van der Waals surface area contributed by atoms with Crippen LogP contribution >= 0.6 is 12.6 Å². The molecule has 4 atom stereocenters. The van der Waals surface area contributed by atoms with E-state index in [0.717, 1.165) is 25.7 Å². The number of hydrogen-bond acceptors (Lipinski definition) is 6. The van der Waals surface area contributed by atoms with Crippen molar-refractivity contribution in [2.24, 2.45) is 17.8 Å². The number of nitrogens with one attached hydrogen (secondary N) is 3. The SMILES string of the molecule is CCCCCCC[C@H](C[C@H](O)CS)C(=O)N[C@@H](CC(C)C)C(=O)NC(=O)C(CC(C)C)NCC. The second-order valence-electron chi connectivity index (χ2n) is 10.3. The molecular weight excluding hydrogens is 450 g/mol. The molecule has 200 valence electrons. The summed E-state index contributed by atoms with van der Waals surface area (Å²) in [6, 6.07) is -1.25. The molecule has 0 aromatic carbocycles. The first kappa shape index (κ1) is 32.9. The molecule has 1 unspecified atom stereocenters. The highest BCUT2D eigenvalue weighted by Crippen LogP contribution is 2.19. The van der Waals surface area contributed by atoms with Crippen LogP contribution in [0.3, 0.4) is 0 Å². The van der Waals surface area contributed by atoms with Gasteiger partial charge in [0.25, 0.3) is 0 Å². The molecule has 4 N–H and O–H groups in total. The number of carbonyl (C=O) groups is 3. The van der Waals surface area contributed by atoms with Crippen molar-refractivity contribution in [3.8, 4) is 0 Å². The Kier molecular flexibility index (Phi) is 18.5. The zero-order chi connectivity index (χ0) is 26.1. The van der Waals surface area contributed by atoms with Gasteiger partial charge in [-0.05, 0) is 44.1 Å². The third kappa shape index (κ3) is 15.0. The van der Waals surface area contributed by atoms with Crippen LogP contribution in [0.4, 0.5) is 0 Å². The van der Waals surface area contributed by atoms with E-state index in [0.29, 0.717) is 38.1 Å². The van der Waals surface area contributed by atoms with E-state index in [2.05, 4.69) is 35.5 Å². The van der Waals surface area contributed by atoms with Gasteiger partial charge < -0.3 is 15.7 Å². The Morgan fingerprint density at radius 3 is 1.88 bits per heavy atom. The van der Waals surface area contributed by atoms with E-state index in [1.165, 1.54) is 6.42 Å². The largest absolute Gasteiger partial charge is 0.392 e. The topological polar surface area (TPSA) is 108 Å². The third-order valence-corrected chi connectivity index (χ3v) is 6.28. The lowest BCUT2D eigenvalue weighted by molar-refractivity contribution is -0.136. The van der Waals surface area contributed by atoms with Crippen LogP contribution in [0, 0.1) is 17.8 Å². The van der Waals surface area contributed by atoms with E-state index in [1.807, 2.05) is 34.6 Å². The molecule has 0 bridgehead atoms. The molecule has 0 aromatic heterocycles.